The fraction of sp³-hybridized carbons (Fsp3) is 0.459. The highest BCUT2D eigenvalue weighted by Gasteiger charge is 2.53. The van der Waals surface area contributed by atoms with Crippen LogP contribution in [0.3, 0.4) is 0 Å². The molecule has 1 aliphatic carbocycles. The largest absolute Gasteiger partial charge is 0.446 e. The molecule has 2 heterocycles. The fourth-order valence-electron chi connectivity index (χ4n) is 8.27. The summed E-state index contributed by atoms with van der Waals surface area (Å²) in [5.74, 6) is 0.145. The van der Waals surface area contributed by atoms with E-state index >= 15 is 0 Å². The van der Waals surface area contributed by atoms with Gasteiger partial charge in [-0.15, -0.1) is 0 Å². The Morgan fingerprint density at radius 3 is 2.04 bits per heavy atom. The van der Waals surface area contributed by atoms with E-state index < -0.39 is 21.3 Å². The van der Waals surface area contributed by atoms with Crippen LogP contribution in [0.4, 0.5) is 10.5 Å². The first-order valence-corrected chi connectivity index (χ1v) is 18.1. The molecule has 3 aromatic carbocycles. The summed E-state index contributed by atoms with van der Waals surface area (Å²) in [5, 5.41) is 13.6. The van der Waals surface area contributed by atoms with Crippen LogP contribution in [0.25, 0.3) is 0 Å². The minimum Gasteiger partial charge on any atom is -0.446 e. The second-order valence-electron chi connectivity index (χ2n) is 12.9. The number of benzene rings is 3. The molecule has 3 aliphatic rings. The van der Waals surface area contributed by atoms with E-state index in [4.69, 9.17) is 4.74 Å². The Morgan fingerprint density at radius 2 is 1.43 bits per heavy atom. The Bertz CT molecular complexity index is 1610. The number of nitrogens with one attached hydrogen (secondary N) is 1. The van der Waals surface area contributed by atoms with Crippen LogP contribution in [0.15, 0.2) is 94.7 Å². The van der Waals surface area contributed by atoms with Gasteiger partial charge in [-0.2, -0.15) is 5.26 Å². The minimum absolute atomic E-state index is 0.0361. The smallest absolute Gasteiger partial charge is 0.407 e. The summed E-state index contributed by atoms with van der Waals surface area (Å²) in [6, 6.07) is 29.4. The highest BCUT2D eigenvalue weighted by Crippen LogP contribution is 2.51. The van der Waals surface area contributed by atoms with Crippen LogP contribution in [-0.2, 0) is 20.0 Å². The lowest BCUT2D eigenvalue weighted by molar-refractivity contribution is 0.0258. The number of hydrogen-bond acceptors (Lipinski definition) is 7. The minimum atomic E-state index is -3.53. The molecule has 0 bridgehead atoms. The molecule has 1 N–H and O–H groups in total. The van der Waals surface area contributed by atoms with Crippen molar-refractivity contribution >= 4 is 21.6 Å². The number of rotatable bonds is 8. The van der Waals surface area contributed by atoms with Crippen LogP contribution in [0.1, 0.15) is 50.5 Å². The van der Waals surface area contributed by atoms with Gasteiger partial charge < -0.3 is 19.9 Å². The van der Waals surface area contributed by atoms with Gasteiger partial charge in [0.15, 0.2) is 0 Å². The maximum Gasteiger partial charge on any atom is 0.407 e. The number of carbonyl (C=O) groups is 1. The van der Waals surface area contributed by atoms with Gasteiger partial charge in [0.2, 0.25) is 9.84 Å². The van der Waals surface area contributed by atoms with Crippen LogP contribution in [-0.4, -0.2) is 64.8 Å². The maximum atomic E-state index is 13.0. The van der Waals surface area contributed by atoms with Gasteiger partial charge in [-0.1, -0.05) is 48.5 Å². The lowest BCUT2D eigenvalue weighted by atomic mass is 9.59. The Kier molecular flexibility index (Phi) is 9.67. The van der Waals surface area contributed by atoms with E-state index in [0.717, 1.165) is 82.4 Å². The molecule has 2 aliphatic heterocycles. The van der Waals surface area contributed by atoms with Crippen LogP contribution < -0.4 is 10.2 Å². The normalized spacial score (nSPS) is 22.9. The van der Waals surface area contributed by atoms with E-state index in [2.05, 4.69) is 33.3 Å². The third-order valence-electron chi connectivity index (χ3n) is 10.7. The Morgan fingerprint density at radius 1 is 0.826 bits per heavy atom. The zero-order valence-electron chi connectivity index (χ0n) is 26.6. The molecule has 1 unspecified atom stereocenters. The van der Waals surface area contributed by atoms with Gasteiger partial charge in [0.05, 0.1) is 21.3 Å². The van der Waals surface area contributed by atoms with Crippen LogP contribution in [0.2, 0.25) is 0 Å². The number of hydrogen-bond donors (Lipinski definition) is 1. The van der Waals surface area contributed by atoms with E-state index in [9.17, 15) is 18.5 Å². The van der Waals surface area contributed by atoms with E-state index in [0.29, 0.717) is 15.8 Å². The average Bonchev–Trinajstić information content (AvgIpc) is 3.58. The number of anilines is 1. The number of alkyl carbamates (subject to hydrolysis) is 1. The lowest BCUT2D eigenvalue weighted by Gasteiger charge is -2.48. The summed E-state index contributed by atoms with van der Waals surface area (Å²) in [7, 11) is -1.95. The molecular weight excluding hydrogens is 596 g/mol. The number of sulfone groups is 1. The van der Waals surface area contributed by atoms with Crippen molar-refractivity contribution in [3.63, 3.8) is 0 Å². The summed E-state index contributed by atoms with van der Waals surface area (Å²) in [6.07, 6.45) is 5.88. The first-order chi connectivity index (χ1) is 22.4. The summed E-state index contributed by atoms with van der Waals surface area (Å²) < 4.78 is 31.9. The third kappa shape index (κ3) is 6.25. The number of amides is 1. The molecule has 8 nitrogen and oxygen atoms in total. The zero-order valence-corrected chi connectivity index (χ0v) is 27.4. The summed E-state index contributed by atoms with van der Waals surface area (Å²) in [4.78, 5) is 17.8. The van der Waals surface area contributed by atoms with Gasteiger partial charge in [-0.05, 0) is 106 Å². The summed E-state index contributed by atoms with van der Waals surface area (Å²) in [5.41, 5.74) is 1.40. The van der Waals surface area contributed by atoms with Crippen molar-refractivity contribution in [1.29, 1.82) is 5.26 Å². The maximum absolute atomic E-state index is 13.0. The third-order valence-corrected chi connectivity index (χ3v) is 12.4. The van der Waals surface area contributed by atoms with Crippen molar-refractivity contribution < 1.29 is 17.9 Å². The average molecular weight is 641 g/mol. The van der Waals surface area contributed by atoms with Crippen molar-refractivity contribution in [2.24, 2.45) is 11.8 Å². The molecule has 3 atom stereocenters. The molecular formula is C37H44N4O4S. The summed E-state index contributed by atoms with van der Waals surface area (Å²) >= 11 is 0. The molecule has 9 heteroatoms. The lowest BCUT2D eigenvalue weighted by Crippen LogP contribution is -2.52. The number of nitriles is 1. The topological polar surface area (TPSA) is 103 Å². The number of ether oxygens (including phenoxy) is 1. The van der Waals surface area contributed by atoms with E-state index in [-0.39, 0.29) is 17.9 Å². The Hall–Kier alpha value is -3.87. The predicted molar refractivity (Wildman–Crippen MR) is 178 cm³/mol. The van der Waals surface area contributed by atoms with Gasteiger partial charge in [0, 0.05) is 37.8 Å². The van der Waals surface area contributed by atoms with Gasteiger partial charge in [-0.25, -0.2) is 13.2 Å². The molecule has 242 valence electrons. The van der Waals surface area contributed by atoms with Crippen molar-refractivity contribution in [3.05, 3.63) is 90.5 Å². The molecule has 2 saturated heterocycles. The Balaban J connectivity index is 1.10. The SMILES string of the molecule is CNC(=O)O[C@@H]1CCC[C@H]1C(C#N)(c1ccccc1)C1CCN(C2CCN(c3ccc(S(=O)(=O)c4ccccc4)cc3)CC2)CC1. The second-order valence-corrected chi connectivity index (χ2v) is 14.9. The van der Waals surface area contributed by atoms with Gasteiger partial charge in [0.1, 0.15) is 6.10 Å². The van der Waals surface area contributed by atoms with Crippen molar-refractivity contribution in [2.75, 3.05) is 38.1 Å². The number of likely N-dealkylation sites (tertiary alicyclic amines) is 1. The second kappa shape index (κ2) is 13.9. The van der Waals surface area contributed by atoms with E-state index in [1.54, 1.807) is 43.4 Å². The van der Waals surface area contributed by atoms with Gasteiger partial charge in [0.25, 0.3) is 0 Å². The summed E-state index contributed by atoms with van der Waals surface area (Å²) in [6.45, 7) is 3.74. The fourth-order valence-corrected chi connectivity index (χ4v) is 9.55. The monoisotopic (exact) mass is 640 g/mol. The van der Waals surface area contributed by atoms with Crippen LogP contribution in [0, 0.1) is 23.2 Å². The number of nitrogens with zero attached hydrogens (tertiary/aromatic N) is 3. The number of carbonyl (C=O) groups excluding carboxylic acids is 1. The molecule has 1 saturated carbocycles. The first-order valence-electron chi connectivity index (χ1n) is 16.6. The van der Waals surface area contributed by atoms with Crippen LogP contribution >= 0.6 is 0 Å². The molecule has 6 rings (SSSR count). The highest BCUT2D eigenvalue weighted by atomic mass is 32.2. The quantitative estimate of drug-likeness (QED) is 0.313. The molecule has 0 aromatic heterocycles. The zero-order chi connectivity index (χ0) is 32.1. The van der Waals surface area contributed by atoms with Crippen molar-refractivity contribution in [2.45, 2.75) is 72.3 Å². The predicted octanol–water partition coefficient (Wildman–Crippen LogP) is 6.19. The number of piperidine rings is 2. The van der Waals surface area contributed by atoms with Gasteiger partial charge in [-0.3, -0.25) is 0 Å². The molecule has 1 amide bonds. The molecule has 3 fully saturated rings. The first kappa shape index (κ1) is 32.1. The van der Waals surface area contributed by atoms with Crippen molar-refractivity contribution in [1.82, 2.24) is 10.2 Å². The van der Waals surface area contributed by atoms with Crippen molar-refractivity contribution in [3.8, 4) is 6.07 Å². The van der Waals surface area contributed by atoms with Crippen LogP contribution in [0.5, 0.6) is 0 Å². The molecule has 0 radical (unpaired) electrons. The standard InChI is InChI=1S/C37H44N4O4S/c1-39-36(42)45-35-14-8-13-34(35)37(27-38,28-9-4-2-5-10-28)29-19-23-40(24-20-29)31-21-25-41(26-22-31)30-15-17-33(18-16-30)46(43,44)32-11-6-3-7-12-32/h2-7,9-12,15-18,29,31,34-35H,8,13-14,19-26H2,1H3,(H,39,42)/t34-,35-,37?/m1/s1. The molecule has 3 aromatic rings. The highest BCUT2D eigenvalue weighted by molar-refractivity contribution is 7.91. The van der Waals surface area contributed by atoms with E-state index in [1.807, 2.05) is 36.4 Å². The van der Waals surface area contributed by atoms with Gasteiger partial charge >= 0.3 is 6.09 Å². The van der Waals surface area contributed by atoms with E-state index in [1.165, 1.54) is 0 Å². The molecule has 0 spiro atoms. The molecule has 46 heavy (non-hydrogen) atoms. The Labute approximate surface area is 273 Å².